The molecule has 0 aliphatic carbocycles. The van der Waals surface area contributed by atoms with Gasteiger partial charge in [-0.05, 0) is 67.4 Å². The maximum absolute atomic E-state index is 13.3. The normalized spacial score (nSPS) is 14.5. The average molecular weight is 612 g/mol. The quantitative estimate of drug-likeness (QED) is 0.0846. The number of amides is 4. The van der Waals surface area contributed by atoms with Gasteiger partial charge in [0.2, 0.25) is 0 Å². The highest BCUT2D eigenvalue weighted by molar-refractivity contribution is 7.87. The van der Waals surface area contributed by atoms with E-state index in [-0.39, 0.29) is 46.4 Å². The van der Waals surface area contributed by atoms with Crippen LogP contribution in [-0.2, 0) is 26.1 Å². The number of allylic oxidation sites excluding steroid dienone is 1. The van der Waals surface area contributed by atoms with Crippen LogP contribution in [0, 0.1) is 10.1 Å². The van der Waals surface area contributed by atoms with E-state index in [1.165, 1.54) is 66.7 Å². The molecule has 3 aromatic rings. The number of halogens is 1. The minimum atomic E-state index is -4.32. The molecule has 1 fully saturated rings. The number of nitro groups is 1. The lowest BCUT2D eigenvalue weighted by Gasteiger charge is -2.26. The largest absolute Gasteiger partial charge is 0.490 e. The fourth-order valence-corrected chi connectivity index (χ4v) is 5.09. The highest BCUT2D eigenvalue weighted by Gasteiger charge is 2.37. The zero-order valence-corrected chi connectivity index (χ0v) is 23.5. The molecule has 0 bridgehead atoms. The van der Waals surface area contributed by atoms with Gasteiger partial charge in [-0.25, -0.2) is 9.69 Å². The summed E-state index contributed by atoms with van der Waals surface area (Å²) in [4.78, 5) is 49.6. The number of anilines is 1. The molecular weight excluding hydrogens is 590 g/mol. The zero-order valence-electron chi connectivity index (χ0n) is 21.9. The van der Waals surface area contributed by atoms with Gasteiger partial charge in [0.05, 0.1) is 17.2 Å². The molecule has 0 atom stereocenters. The molecule has 216 valence electrons. The third kappa shape index (κ3) is 6.32. The van der Waals surface area contributed by atoms with Crippen molar-refractivity contribution in [2.45, 2.75) is 18.2 Å². The number of nitrogens with one attached hydrogen (secondary N) is 1. The van der Waals surface area contributed by atoms with Gasteiger partial charge in [-0.1, -0.05) is 23.7 Å². The molecule has 4 rings (SSSR count). The van der Waals surface area contributed by atoms with E-state index in [0.717, 1.165) is 6.07 Å². The second-order valence-electron chi connectivity index (χ2n) is 8.66. The van der Waals surface area contributed by atoms with Crippen LogP contribution in [0.25, 0.3) is 6.08 Å². The first-order valence-corrected chi connectivity index (χ1v) is 14.0. The summed E-state index contributed by atoms with van der Waals surface area (Å²) in [6.45, 7) is 5.47. The van der Waals surface area contributed by atoms with Crippen molar-refractivity contribution < 1.29 is 36.6 Å². The minimum Gasteiger partial charge on any atom is -0.490 e. The summed E-state index contributed by atoms with van der Waals surface area (Å²) in [7, 11) is -4.32. The van der Waals surface area contributed by atoms with Crippen LogP contribution in [0.2, 0.25) is 5.02 Å². The maximum Gasteiger partial charge on any atom is 0.339 e. The molecule has 4 amide bonds. The number of imide groups is 2. The van der Waals surface area contributed by atoms with Gasteiger partial charge >= 0.3 is 16.1 Å². The molecule has 1 N–H and O–H groups in total. The van der Waals surface area contributed by atoms with Crippen LogP contribution in [0.5, 0.6) is 11.5 Å². The van der Waals surface area contributed by atoms with Gasteiger partial charge < -0.3 is 8.92 Å². The van der Waals surface area contributed by atoms with E-state index >= 15 is 0 Å². The van der Waals surface area contributed by atoms with E-state index in [2.05, 4.69) is 6.58 Å². The minimum absolute atomic E-state index is 0.00322. The van der Waals surface area contributed by atoms with E-state index in [1.54, 1.807) is 6.92 Å². The van der Waals surface area contributed by atoms with Crippen LogP contribution in [0.3, 0.4) is 0 Å². The van der Waals surface area contributed by atoms with Crippen molar-refractivity contribution in [3.8, 4) is 11.5 Å². The molecule has 12 nitrogen and oxygen atoms in total. The number of rotatable bonds is 10. The number of nitrogens with zero attached hydrogens (tertiary/aromatic N) is 2. The summed E-state index contributed by atoms with van der Waals surface area (Å²) in [5, 5.41) is 13.6. The first kappa shape index (κ1) is 30.0. The molecule has 42 heavy (non-hydrogen) atoms. The Morgan fingerprint density at radius 2 is 1.81 bits per heavy atom. The molecule has 1 heterocycles. The van der Waals surface area contributed by atoms with Crippen LogP contribution < -0.4 is 19.1 Å². The van der Waals surface area contributed by atoms with Gasteiger partial charge in [0, 0.05) is 22.7 Å². The van der Waals surface area contributed by atoms with Crippen molar-refractivity contribution in [2.24, 2.45) is 0 Å². The van der Waals surface area contributed by atoms with Crippen LogP contribution in [0.1, 0.15) is 18.1 Å². The van der Waals surface area contributed by atoms with Crippen molar-refractivity contribution >= 4 is 57.0 Å². The smallest absolute Gasteiger partial charge is 0.339 e. The SMILES string of the molecule is C=CCc1cc(/C=C2\C(=O)NC(=O)N(c3cccc([N+](=O)[O-])c3)C2=O)cc(OCC)c1OS(=O)(=O)c1ccc(Cl)cc1. The topological polar surface area (TPSA) is 162 Å². The average Bonchev–Trinajstić information content (AvgIpc) is 2.93. The van der Waals surface area contributed by atoms with E-state index in [0.29, 0.717) is 15.5 Å². The zero-order chi connectivity index (χ0) is 30.6. The van der Waals surface area contributed by atoms with Gasteiger partial charge in [0.1, 0.15) is 10.5 Å². The van der Waals surface area contributed by atoms with Crippen molar-refractivity contribution in [3.05, 3.63) is 105 Å². The predicted molar refractivity (Wildman–Crippen MR) is 153 cm³/mol. The number of non-ortho nitro benzene ring substituents is 1. The number of ether oxygens (including phenoxy) is 1. The summed E-state index contributed by atoms with van der Waals surface area (Å²) >= 11 is 5.87. The molecule has 3 aromatic carbocycles. The first-order valence-electron chi connectivity index (χ1n) is 12.2. The summed E-state index contributed by atoms with van der Waals surface area (Å²) in [5.74, 6) is -2.16. The lowest BCUT2D eigenvalue weighted by atomic mass is 10.0. The van der Waals surface area contributed by atoms with Crippen molar-refractivity contribution in [2.75, 3.05) is 11.5 Å². The Morgan fingerprint density at radius 3 is 2.45 bits per heavy atom. The standard InChI is InChI=1S/C28H22ClN3O9S/c1-3-6-18-13-17(15-24(40-4-2)25(18)41-42(38,39)22-11-9-19(29)10-12-22)14-23-26(33)30-28(35)31(27(23)34)20-7-5-8-21(16-20)32(36)37/h3,5,7-16H,1,4,6H2,2H3,(H,30,33,35)/b23-14+. The second kappa shape index (κ2) is 12.2. The number of hydrogen-bond donors (Lipinski definition) is 1. The van der Waals surface area contributed by atoms with E-state index in [9.17, 15) is 32.9 Å². The lowest BCUT2D eigenvalue weighted by molar-refractivity contribution is -0.384. The molecule has 1 aliphatic rings. The van der Waals surface area contributed by atoms with E-state index < -0.39 is 38.5 Å². The number of urea groups is 1. The van der Waals surface area contributed by atoms with Gasteiger partial charge in [-0.15, -0.1) is 6.58 Å². The Kier molecular flexibility index (Phi) is 8.73. The number of benzene rings is 3. The fourth-order valence-electron chi connectivity index (χ4n) is 3.99. The first-order chi connectivity index (χ1) is 19.9. The molecule has 0 radical (unpaired) electrons. The third-order valence-corrected chi connectivity index (χ3v) is 7.31. The summed E-state index contributed by atoms with van der Waals surface area (Å²) < 4.78 is 37.2. The number of hydrogen-bond acceptors (Lipinski definition) is 9. The highest BCUT2D eigenvalue weighted by Crippen LogP contribution is 2.37. The van der Waals surface area contributed by atoms with Gasteiger partial charge in [-0.3, -0.25) is 25.0 Å². The fraction of sp³-hybridized carbons (Fsp3) is 0.107. The van der Waals surface area contributed by atoms with Crippen LogP contribution >= 0.6 is 11.6 Å². The molecule has 0 spiro atoms. The molecule has 0 saturated carbocycles. The van der Waals surface area contributed by atoms with Crippen LogP contribution in [0.4, 0.5) is 16.2 Å². The number of carbonyl (C=O) groups excluding carboxylic acids is 3. The Balaban J connectivity index is 1.78. The second-order valence-corrected chi connectivity index (χ2v) is 10.6. The maximum atomic E-state index is 13.3. The Hall–Kier alpha value is -5.01. The highest BCUT2D eigenvalue weighted by atomic mass is 35.5. The number of nitro benzene ring substituents is 1. The van der Waals surface area contributed by atoms with Gasteiger partial charge in [0.25, 0.3) is 17.5 Å². The Morgan fingerprint density at radius 1 is 1.10 bits per heavy atom. The summed E-state index contributed by atoms with van der Waals surface area (Å²) in [5.41, 5.74) is -0.414. The molecule has 1 saturated heterocycles. The van der Waals surface area contributed by atoms with Crippen molar-refractivity contribution in [1.29, 1.82) is 0 Å². The van der Waals surface area contributed by atoms with Gasteiger partial charge in [0.15, 0.2) is 11.5 Å². The predicted octanol–water partition coefficient (Wildman–Crippen LogP) is 4.81. The lowest BCUT2D eigenvalue weighted by Crippen LogP contribution is -2.54. The monoisotopic (exact) mass is 611 g/mol. The molecular formula is C28H22ClN3O9S. The Labute approximate surface area is 245 Å². The van der Waals surface area contributed by atoms with E-state index in [1.807, 2.05) is 5.32 Å². The Bertz CT molecular complexity index is 1750. The van der Waals surface area contributed by atoms with Crippen LogP contribution in [0.15, 0.2) is 83.8 Å². The molecule has 14 heteroatoms. The van der Waals surface area contributed by atoms with E-state index in [4.69, 9.17) is 20.5 Å². The summed E-state index contributed by atoms with van der Waals surface area (Å²) in [6, 6.07) is 11.9. The summed E-state index contributed by atoms with van der Waals surface area (Å²) in [6.07, 6.45) is 2.78. The van der Waals surface area contributed by atoms with Crippen LogP contribution in [-0.4, -0.2) is 37.8 Å². The molecule has 0 unspecified atom stereocenters. The number of carbonyl (C=O) groups is 3. The van der Waals surface area contributed by atoms with Crippen molar-refractivity contribution in [3.63, 3.8) is 0 Å². The number of barbiturate groups is 1. The molecule has 1 aliphatic heterocycles. The van der Waals surface area contributed by atoms with Crippen molar-refractivity contribution in [1.82, 2.24) is 5.32 Å². The van der Waals surface area contributed by atoms with Gasteiger partial charge in [-0.2, -0.15) is 8.42 Å². The third-order valence-electron chi connectivity index (χ3n) is 5.82. The molecule has 0 aromatic heterocycles.